The van der Waals surface area contributed by atoms with Gasteiger partial charge in [-0.1, -0.05) is 78.4 Å². The second kappa shape index (κ2) is 12.7. The predicted molar refractivity (Wildman–Crippen MR) is 139 cm³/mol. The number of hydrogen-bond donors (Lipinski definition) is 1. The third-order valence-electron chi connectivity index (χ3n) is 6.03. The Kier molecular flexibility index (Phi) is 9.96. The molecule has 1 atom stereocenters. The van der Waals surface area contributed by atoms with E-state index >= 15 is 0 Å². The Balaban J connectivity index is 1.68. The second-order valence-electron chi connectivity index (χ2n) is 8.77. The van der Waals surface area contributed by atoms with Crippen molar-refractivity contribution >= 4 is 46.8 Å². The molecule has 0 spiro atoms. The molecule has 7 heteroatoms. The largest absolute Gasteiger partial charge is 0.352 e. The molecule has 0 bridgehead atoms. The smallest absolute Gasteiger partial charge is 0.242 e. The van der Waals surface area contributed by atoms with Crippen LogP contribution in [0.4, 0.5) is 0 Å². The molecule has 1 aliphatic rings. The van der Waals surface area contributed by atoms with Crippen molar-refractivity contribution in [2.75, 3.05) is 5.75 Å². The van der Waals surface area contributed by atoms with Crippen LogP contribution >= 0.6 is 35.0 Å². The molecule has 0 unspecified atom stereocenters. The monoisotopic (exact) mass is 506 g/mol. The second-order valence-corrected chi connectivity index (χ2v) is 10.6. The summed E-state index contributed by atoms with van der Waals surface area (Å²) >= 11 is 13.8. The Morgan fingerprint density at radius 3 is 2.52 bits per heavy atom. The third kappa shape index (κ3) is 7.94. The first-order valence-corrected chi connectivity index (χ1v) is 13.4. The van der Waals surface area contributed by atoms with E-state index in [0.717, 1.165) is 37.0 Å². The van der Waals surface area contributed by atoms with Crippen LogP contribution in [0.3, 0.4) is 0 Å². The van der Waals surface area contributed by atoms with Crippen LogP contribution in [-0.2, 0) is 21.9 Å². The number of benzene rings is 2. The topological polar surface area (TPSA) is 49.4 Å². The molecule has 0 saturated heterocycles. The Hall–Kier alpha value is -1.69. The Morgan fingerprint density at radius 1 is 1.06 bits per heavy atom. The number of thioether (sulfide) groups is 1. The molecule has 2 aromatic carbocycles. The van der Waals surface area contributed by atoms with E-state index in [2.05, 4.69) is 30.4 Å². The van der Waals surface area contributed by atoms with Gasteiger partial charge in [0.25, 0.3) is 0 Å². The Labute approximate surface area is 211 Å². The number of aryl methyl sites for hydroxylation is 1. The molecule has 2 amide bonds. The van der Waals surface area contributed by atoms with Crippen molar-refractivity contribution in [3.8, 4) is 0 Å². The molecule has 1 aliphatic carbocycles. The molecule has 178 valence electrons. The quantitative estimate of drug-likeness (QED) is 0.427. The van der Waals surface area contributed by atoms with Gasteiger partial charge in [-0.15, -0.1) is 11.8 Å². The average molecular weight is 508 g/mol. The van der Waals surface area contributed by atoms with Crippen LogP contribution in [0, 0.1) is 6.92 Å². The van der Waals surface area contributed by atoms with E-state index < -0.39 is 6.04 Å². The van der Waals surface area contributed by atoms with Gasteiger partial charge in [0, 0.05) is 18.3 Å². The van der Waals surface area contributed by atoms with Crippen LogP contribution in [0.5, 0.6) is 0 Å². The van der Waals surface area contributed by atoms with E-state index in [1.54, 1.807) is 35.7 Å². The van der Waals surface area contributed by atoms with Crippen LogP contribution in [0.1, 0.15) is 55.7 Å². The highest BCUT2D eigenvalue weighted by atomic mass is 35.5. The number of rotatable bonds is 9. The van der Waals surface area contributed by atoms with Gasteiger partial charge in [0.1, 0.15) is 6.04 Å². The highest BCUT2D eigenvalue weighted by molar-refractivity contribution is 7.99. The molecule has 4 nitrogen and oxygen atoms in total. The fourth-order valence-electron chi connectivity index (χ4n) is 4.13. The normalized spacial score (nSPS) is 15.2. The fourth-order valence-corrected chi connectivity index (χ4v) is 5.31. The third-order valence-corrected chi connectivity index (χ3v) is 7.76. The van der Waals surface area contributed by atoms with Gasteiger partial charge in [-0.2, -0.15) is 0 Å². The molecule has 3 rings (SSSR count). The van der Waals surface area contributed by atoms with Crippen molar-refractivity contribution in [1.82, 2.24) is 10.2 Å². The molecular weight excluding hydrogens is 475 g/mol. The lowest BCUT2D eigenvalue weighted by Crippen LogP contribution is -2.50. The summed E-state index contributed by atoms with van der Waals surface area (Å²) in [6.45, 7) is 4.17. The summed E-state index contributed by atoms with van der Waals surface area (Å²) in [5, 5.41) is 4.07. The maximum absolute atomic E-state index is 13.3. The van der Waals surface area contributed by atoms with E-state index in [0.29, 0.717) is 22.3 Å². The van der Waals surface area contributed by atoms with Crippen molar-refractivity contribution in [1.29, 1.82) is 0 Å². The number of carbonyl (C=O) groups is 2. The molecule has 0 aliphatic heterocycles. The molecule has 0 radical (unpaired) electrons. The van der Waals surface area contributed by atoms with Crippen LogP contribution in [-0.4, -0.2) is 34.6 Å². The minimum Gasteiger partial charge on any atom is -0.352 e. The summed E-state index contributed by atoms with van der Waals surface area (Å²) in [5.41, 5.74) is 3.24. The highest BCUT2D eigenvalue weighted by Gasteiger charge is 2.28. The van der Waals surface area contributed by atoms with E-state index in [4.69, 9.17) is 23.2 Å². The molecule has 1 N–H and O–H groups in total. The number of hydrogen-bond acceptors (Lipinski definition) is 3. The minimum atomic E-state index is -0.576. The molecule has 0 heterocycles. The van der Waals surface area contributed by atoms with Crippen molar-refractivity contribution in [2.24, 2.45) is 0 Å². The molecule has 1 fully saturated rings. The fraction of sp³-hybridized carbons (Fsp3) is 0.462. The summed E-state index contributed by atoms with van der Waals surface area (Å²) in [7, 11) is 0. The van der Waals surface area contributed by atoms with Crippen molar-refractivity contribution in [2.45, 2.75) is 70.3 Å². The zero-order chi connectivity index (χ0) is 23.8. The van der Waals surface area contributed by atoms with Gasteiger partial charge >= 0.3 is 0 Å². The van der Waals surface area contributed by atoms with Gasteiger partial charge in [-0.3, -0.25) is 9.59 Å². The summed E-state index contributed by atoms with van der Waals surface area (Å²) in [6, 6.07) is 13.2. The zero-order valence-corrected chi connectivity index (χ0v) is 21.6. The SMILES string of the molecule is Cc1cccc(CSCC(=O)N(Cc2ccc(Cl)c(Cl)c2)[C@@H](C)C(=O)NC2CCCCC2)c1. The van der Waals surface area contributed by atoms with Crippen molar-refractivity contribution in [3.63, 3.8) is 0 Å². The molecule has 1 saturated carbocycles. The lowest BCUT2D eigenvalue weighted by Gasteiger charge is -2.31. The van der Waals surface area contributed by atoms with E-state index in [1.165, 1.54) is 17.5 Å². The van der Waals surface area contributed by atoms with E-state index in [9.17, 15) is 9.59 Å². The first kappa shape index (κ1) is 25.9. The lowest BCUT2D eigenvalue weighted by atomic mass is 9.95. The zero-order valence-electron chi connectivity index (χ0n) is 19.3. The van der Waals surface area contributed by atoms with Gasteiger partial charge in [0.2, 0.25) is 11.8 Å². The van der Waals surface area contributed by atoms with Gasteiger partial charge in [0.05, 0.1) is 15.8 Å². The van der Waals surface area contributed by atoms with Crippen molar-refractivity contribution in [3.05, 3.63) is 69.2 Å². The van der Waals surface area contributed by atoms with Gasteiger partial charge in [-0.25, -0.2) is 0 Å². The van der Waals surface area contributed by atoms with E-state index in [1.807, 2.05) is 12.1 Å². The average Bonchev–Trinajstić information content (AvgIpc) is 2.80. The first-order valence-electron chi connectivity index (χ1n) is 11.5. The van der Waals surface area contributed by atoms with Gasteiger partial charge < -0.3 is 10.2 Å². The van der Waals surface area contributed by atoms with Crippen LogP contribution in [0.25, 0.3) is 0 Å². The van der Waals surface area contributed by atoms with Gasteiger partial charge in [-0.05, 0) is 49.9 Å². The molecule has 33 heavy (non-hydrogen) atoms. The maximum atomic E-state index is 13.3. The summed E-state index contributed by atoms with van der Waals surface area (Å²) in [5.74, 6) is 0.886. The number of carbonyl (C=O) groups excluding carboxylic acids is 2. The van der Waals surface area contributed by atoms with Gasteiger partial charge in [0.15, 0.2) is 0 Å². The highest BCUT2D eigenvalue weighted by Crippen LogP contribution is 2.24. The summed E-state index contributed by atoms with van der Waals surface area (Å²) in [4.78, 5) is 28.0. The standard InChI is InChI=1S/C26H32Cl2N2O2S/c1-18-7-6-8-21(13-18)16-33-17-25(31)30(15-20-11-12-23(27)24(28)14-20)19(2)26(32)29-22-9-4-3-5-10-22/h6-8,11-14,19,22H,3-5,9-10,15-17H2,1-2H3,(H,29,32)/t19-/m0/s1. The molecular formula is C26H32Cl2N2O2S. The number of nitrogens with zero attached hydrogens (tertiary/aromatic N) is 1. The van der Waals surface area contributed by atoms with Crippen LogP contribution in [0.2, 0.25) is 10.0 Å². The van der Waals surface area contributed by atoms with Crippen LogP contribution < -0.4 is 5.32 Å². The number of amides is 2. The summed E-state index contributed by atoms with van der Waals surface area (Å²) in [6.07, 6.45) is 5.51. The first-order chi connectivity index (χ1) is 15.8. The van der Waals surface area contributed by atoms with Crippen molar-refractivity contribution < 1.29 is 9.59 Å². The van der Waals surface area contributed by atoms with E-state index in [-0.39, 0.29) is 17.9 Å². The summed E-state index contributed by atoms with van der Waals surface area (Å²) < 4.78 is 0. The molecule has 0 aromatic heterocycles. The maximum Gasteiger partial charge on any atom is 0.242 e. The Morgan fingerprint density at radius 2 is 1.82 bits per heavy atom. The lowest BCUT2D eigenvalue weighted by molar-refractivity contribution is -0.139. The molecule has 2 aromatic rings. The number of nitrogens with one attached hydrogen (secondary N) is 1. The predicted octanol–water partition coefficient (Wildman–Crippen LogP) is 6.40. The van der Waals surface area contributed by atoms with Crippen LogP contribution in [0.15, 0.2) is 42.5 Å². The Bertz CT molecular complexity index is 963. The minimum absolute atomic E-state index is 0.0648. The number of halogens is 2.